The molecule has 2 aromatic rings. The minimum absolute atomic E-state index is 0.152. The Morgan fingerprint density at radius 3 is 2.70 bits per heavy atom. The first-order chi connectivity index (χ1) is 17.8. The van der Waals surface area contributed by atoms with Gasteiger partial charge in [0, 0.05) is 24.3 Å². The molecule has 0 aliphatic carbocycles. The number of primary amides is 1. The molecule has 0 bridgehead atoms. The number of nitrogens with zero attached hydrogens (tertiary/aromatic N) is 2. The molecule has 2 N–H and O–H groups in total. The maximum absolute atomic E-state index is 13.9. The second-order valence-corrected chi connectivity index (χ2v) is 11.9. The number of ether oxygens (including phenoxy) is 2. The van der Waals surface area contributed by atoms with Crippen molar-refractivity contribution in [2.75, 3.05) is 24.6 Å². The average molecular weight is 530 g/mol. The highest BCUT2D eigenvalue weighted by atomic mass is 32.2. The predicted molar refractivity (Wildman–Crippen MR) is 144 cm³/mol. The first kappa shape index (κ1) is 27.4. The summed E-state index contributed by atoms with van der Waals surface area (Å²) in [5.74, 6) is -0.0792. The molecule has 0 radical (unpaired) electrons. The van der Waals surface area contributed by atoms with Crippen molar-refractivity contribution in [3.05, 3.63) is 54.1 Å². The molecular formula is C28H39N3O5S. The van der Waals surface area contributed by atoms with Crippen LogP contribution in [0.25, 0.3) is 0 Å². The van der Waals surface area contributed by atoms with E-state index in [1.165, 1.54) is 0 Å². The van der Waals surface area contributed by atoms with Gasteiger partial charge in [0.15, 0.2) is 0 Å². The number of fused-ring (bicyclic) bond motifs is 1. The molecule has 202 valence electrons. The van der Waals surface area contributed by atoms with Gasteiger partial charge >= 0.3 is 0 Å². The van der Waals surface area contributed by atoms with Crippen molar-refractivity contribution in [1.82, 2.24) is 4.31 Å². The van der Waals surface area contributed by atoms with E-state index in [1.54, 1.807) is 22.5 Å². The third-order valence-corrected chi connectivity index (χ3v) is 9.26. The van der Waals surface area contributed by atoms with Gasteiger partial charge in [-0.1, -0.05) is 56.5 Å². The van der Waals surface area contributed by atoms with E-state index in [4.69, 9.17) is 15.2 Å². The molecule has 0 aromatic heterocycles. The smallest absolute Gasteiger partial charge is 0.247 e. The van der Waals surface area contributed by atoms with E-state index < -0.39 is 22.2 Å². The molecule has 3 atom stereocenters. The van der Waals surface area contributed by atoms with E-state index in [1.807, 2.05) is 42.2 Å². The van der Waals surface area contributed by atoms with Crippen LogP contribution in [-0.4, -0.2) is 56.5 Å². The number of carbonyl (C=O) groups excluding carboxylic acids is 1. The van der Waals surface area contributed by atoms with Gasteiger partial charge in [-0.15, -0.1) is 0 Å². The second kappa shape index (κ2) is 12.3. The van der Waals surface area contributed by atoms with Gasteiger partial charge in [0.25, 0.3) is 0 Å². The van der Waals surface area contributed by atoms with E-state index >= 15 is 0 Å². The Morgan fingerprint density at radius 2 is 1.97 bits per heavy atom. The van der Waals surface area contributed by atoms with Crippen molar-refractivity contribution in [2.45, 2.75) is 82.1 Å². The van der Waals surface area contributed by atoms with Gasteiger partial charge < -0.3 is 20.1 Å². The third-order valence-electron chi connectivity index (χ3n) is 7.24. The molecule has 0 spiro atoms. The number of anilines is 1. The third kappa shape index (κ3) is 6.45. The van der Waals surface area contributed by atoms with Crippen LogP contribution in [0, 0.1) is 0 Å². The van der Waals surface area contributed by atoms with E-state index in [9.17, 15) is 13.2 Å². The van der Waals surface area contributed by atoms with Gasteiger partial charge in [-0.05, 0) is 43.9 Å². The summed E-state index contributed by atoms with van der Waals surface area (Å²) >= 11 is 0. The zero-order valence-electron chi connectivity index (χ0n) is 21.8. The highest BCUT2D eigenvalue weighted by Gasteiger charge is 2.38. The van der Waals surface area contributed by atoms with Crippen molar-refractivity contribution in [3.8, 4) is 5.75 Å². The molecule has 1 amide bonds. The lowest BCUT2D eigenvalue weighted by Crippen LogP contribution is -2.44. The fourth-order valence-corrected chi connectivity index (χ4v) is 7.01. The average Bonchev–Trinajstić information content (AvgIpc) is 3.34. The van der Waals surface area contributed by atoms with Crippen molar-refractivity contribution in [2.24, 2.45) is 5.73 Å². The highest BCUT2D eigenvalue weighted by Crippen LogP contribution is 2.37. The van der Waals surface area contributed by atoms with E-state index in [0.717, 1.165) is 43.4 Å². The van der Waals surface area contributed by atoms with Crippen LogP contribution in [0.2, 0.25) is 0 Å². The van der Waals surface area contributed by atoms with Crippen molar-refractivity contribution in [1.29, 1.82) is 0 Å². The van der Waals surface area contributed by atoms with Crippen molar-refractivity contribution in [3.63, 3.8) is 0 Å². The lowest BCUT2D eigenvalue weighted by atomic mass is 10.1. The standard InChI is InChI=1S/C28H39N3O5S/c1-3-4-6-10-21(2)31-18-24(20-35-19-22-11-7-5-8-12-22)36-26-17-23(14-15-27(26)37(31,33)34)30-16-9-13-25(30)28(29)32/h5,7-8,11-12,14-15,17,21,24-25H,3-4,6,9-10,13,16,18-20H2,1-2H3,(H2,29,32)/t21-,24+,25-/m0/s1. The lowest BCUT2D eigenvalue weighted by Gasteiger charge is -2.28. The minimum atomic E-state index is -3.79. The highest BCUT2D eigenvalue weighted by molar-refractivity contribution is 7.89. The van der Waals surface area contributed by atoms with E-state index in [-0.39, 0.29) is 30.0 Å². The number of unbranched alkanes of at least 4 members (excludes halogenated alkanes) is 2. The predicted octanol–water partition coefficient (Wildman–Crippen LogP) is 4.08. The molecule has 9 heteroatoms. The Bertz CT molecular complexity index is 1160. The van der Waals surface area contributed by atoms with Crippen LogP contribution in [0.5, 0.6) is 5.75 Å². The molecule has 1 fully saturated rings. The van der Waals surface area contributed by atoms with E-state index in [2.05, 4.69) is 6.92 Å². The van der Waals surface area contributed by atoms with Crippen LogP contribution in [0.15, 0.2) is 53.4 Å². The van der Waals surface area contributed by atoms with Crippen molar-refractivity contribution >= 4 is 21.6 Å². The number of rotatable bonds is 11. The first-order valence-corrected chi connectivity index (χ1v) is 14.8. The number of hydrogen-bond acceptors (Lipinski definition) is 6. The molecule has 1 saturated heterocycles. The Kier molecular flexibility index (Phi) is 9.10. The molecule has 2 aromatic carbocycles. The summed E-state index contributed by atoms with van der Waals surface area (Å²) in [7, 11) is -3.79. The zero-order chi connectivity index (χ0) is 26.4. The van der Waals surface area contributed by atoms with Crippen LogP contribution in [0.3, 0.4) is 0 Å². The zero-order valence-corrected chi connectivity index (χ0v) is 22.7. The summed E-state index contributed by atoms with van der Waals surface area (Å²) in [4.78, 5) is 14.1. The Hall–Kier alpha value is -2.62. The van der Waals surface area contributed by atoms with Gasteiger partial charge in [0.05, 0.1) is 19.8 Å². The summed E-state index contributed by atoms with van der Waals surface area (Å²) in [6.45, 7) is 5.67. The topological polar surface area (TPSA) is 102 Å². The number of hydrogen-bond donors (Lipinski definition) is 1. The Labute approximate surface area is 220 Å². The number of benzene rings is 2. The van der Waals surface area contributed by atoms with Gasteiger partial charge in [-0.25, -0.2) is 8.42 Å². The quantitative estimate of drug-likeness (QED) is 0.440. The molecule has 37 heavy (non-hydrogen) atoms. The number of carbonyl (C=O) groups is 1. The fourth-order valence-electron chi connectivity index (χ4n) is 5.21. The van der Waals surface area contributed by atoms with Gasteiger partial charge in [-0.2, -0.15) is 4.31 Å². The first-order valence-electron chi connectivity index (χ1n) is 13.3. The normalized spacial score (nSPS) is 22.2. The van der Waals surface area contributed by atoms with Crippen LogP contribution in [0.4, 0.5) is 5.69 Å². The van der Waals surface area contributed by atoms with Crippen LogP contribution in [-0.2, 0) is 26.2 Å². The van der Waals surface area contributed by atoms with Crippen LogP contribution >= 0.6 is 0 Å². The fraction of sp³-hybridized carbons (Fsp3) is 0.536. The second-order valence-electron chi connectivity index (χ2n) is 10.0. The Balaban J connectivity index is 1.61. The molecule has 0 unspecified atom stereocenters. The van der Waals surface area contributed by atoms with Gasteiger partial charge in [-0.3, -0.25) is 4.79 Å². The van der Waals surface area contributed by atoms with Gasteiger partial charge in [0.1, 0.15) is 22.8 Å². The van der Waals surface area contributed by atoms with Crippen LogP contribution in [0.1, 0.15) is 57.9 Å². The molecule has 8 nitrogen and oxygen atoms in total. The largest absolute Gasteiger partial charge is 0.485 e. The Morgan fingerprint density at radius 1 is 1.19 bits per heavy atom. The summed E-state index contributed by atoms with van der Waals surface area (Å²) in [5.41, 5.74) is 7.41. The SMILES string of the molecule is CCCCC[C@H](C)N1C[C@H](COCc2ccccc2)Oc2cc(N3CCC[C@H]3C(N)=O)ccc2S1(=O)=O. The molecule has 2 aliphatic rings. The number of amides is 1. The molecule has 0 saturated carbocycles. The van der Waals surface area contributed by atoms with E-state index in [0.29, 0.717) is 25.3 Å². The minimum Gasteiger partial charge on any atom is -0.485 e. The monoisotopic (exact) mass is 529 g/mol. The molecule has 2 heterocycles. The maximum atomic E-state index is 13.9. The maximum Gasteiger partial charge on any atom is 0.247 e. The lowest BCUT2D eigenvalue weighted by molar-refractivity contribution is -0.119. The summed E-state index contributed by atoms with van der Waals surface area (Å²) in [6, 6.07) is 14.4. The molecular weight excluding hydrogens is 490 g/mol. The summed E-state index contributed by atoms with van der Waals surface area (Å²) < 4.78 is 41.6. The molecule has 4 rings (SSSR count). The summed E-state index contributed by atoms with van der Waals surface area (Å²) in [5, 5.41) is 0. The summed E-state index contributed by atoms with van der Waals surface area (Å²) in [6.07, 6.45) is 4.95. The molecule has 2 aliphatic heterocycles. The number of nitrogens with two attached hydrogens (primary N) is 1. The van der Waals surface area contributed by atoms with Gasteiger partial charge in [0.2, 0.25) is 15.9 Å². The van der Waals surface area contributed by atoms with Crippen molar-refractivity contribution < 1.29 is 22.7 Å². The van der Waals surface area contributed by atoms with Crippen LogP contribution < -0.4 is 15.4 Å². The number of sulfonamides is 1.